The van der Waals surface area contributed by atoms with Crippen LogP contribution in [0.25, 0.3) is 0 Å². The number of likely N-dealkylation sites (N-methyl/N-ethyl adjacent to an activating group) is 2. The predicted octanol–water partition coefficient (Wildman–Crippen LogP) is 1.56. The Morgan fingerprint density at radius 2 is 2.12 bits per heavy atom. The number of carboxylic acids is 1. The molecule has 0 radical (unpaired) electrons. The molecule has 0 amide bonds. The van der Waals surface area contributed by atoms with Crippen molar-refractivity contribution in [1.29, 1.82) is 0 Å². The summed E-state index contributed by atoms with van der Waals surface area (Å²) in [7, 11) is 2.06. The Morgan fingerprint density at radius 1 is 1.47 bits per heavy atom. The smallest absolute Gasteiger partial charge is 0.322 e. The van der Waals surface area contributed by atoms with Gasteiger partial charge >= 0.3 is 5.97 Å². The molecule has 0 aromatic heterocycles. The lowest BCUT2D eigenvalue weighted by Crippen LogP contribution is -2.49. The van der Waals surface area contributed by atoms with Crippen LogP contribution in [0, 0.1) is 5.92 Å². The molecule has 100 valence electrons. The predicted molar refractivity (Wildman–Crippen MR) is 69.2 cm³/mol. The SMILES string of the molecule is CCNC(CN(C)C1CCCCC1C)C(=O)O. The quantitative estimate of drug-likeness (QED) is 0.742. The van der Waals surface area contributed by atoms with Crippen molar-refractivity contribution in [2.45, 2.75) is 51.6 Å². The number of nitrogens with zero attached hydrogens (tertiary/aromatic N) is 1. The molecule has 4 nitrogen and oxygen atoms in total. The van der Waals surface area contributed by atoms with E-state index in [-0.39, 0.29) is 0 Å². The fraction of sp³-hybridized carbons (Fsp3) is 0.923. The molecular weight excluding hydrogens is 216 g/mol. The van der Waals surface area contributed by atoms with E-state index in [1.54, 1.807) is 0 Å². The average molecular weight is 242 g/mol. The molecule has 4 heteroatoms. The summed E-state index contributed by atoms with van der Waals surface area (Å²) in [4.78, 5) is 13.3. The van der Waals surface area contributed by atoms with Gasteiger partial charge in [-0.1, -0.05) is 26.7 Å². The van der Waals surface area contributed by atoms with Crippen molar-refractivity contribution in [1.82, 2.24) is 10.2 Å². The van der Waals surface area contributed by atoms with Crippen LogP contribution in [0.5, 0.6) is 0 Å². The number of hydrogen-bond acceptors (Lipinski definition) is 3. The number of aliphatic carboxylic acids is 1. The molecular formula is C13H26N2O2. The summed E-state index contributed by atoms with van der Waals surface area (Å²) < 4.78 is 0. The zero-order chi connectivity index (χ0) is 12.8. The molecule has 0 bridgehead atoms. The zero-order valence-electron chi connectivity index (χ0n) is 11.3. The van der Waals surface area contributed by atoms with E-state index < -0.39 is 12.0 Å². The van der Waals surface area contributed by atoms with Crippen molar-refractivity contribution >= 4 is 5.97 Å². The average Bonchev–Trinajstić information content (AvgIpc) is 2.28. The third-order valence-electron chi connectivity index (χ3n) is 3.85. The van der Waals surface area contributed by atoms with E-state index in [1.807, 2.05) is 6.92 Å². The van der Waals surface area contributed by atoms with Crippen LogP contribution in [0.4, 0.5) is 0 Å². The van der Waals surface area contributed by atoms with Crippen LogP contribution in [0.2, 0.25) is 0 Å². The first-order valence-electron chi connectivity index (χ1n) is 6.72. The van der Waals surface area contributed by atoms with Crippen molar-refractivity contribution in [3.05, 3.63) is 0 Å². The van der Waals surface area contributed by atoms with Gasteiger partial charge in [-0.05, 0) is 32.4 Å². The Morgan fingerprint density at radius 3 is 2.65 bits per heavy atom. The molecule has 0 aromatic carbocycles. The third kappa shape index (κ3) is 4.28. The second-order valence-corrected chi connectivity index (χ2v) is 5.22. The number of carbonyl (C=O) groups is 1. The molecule has 1 fully saturated rings. The van der Waals surface area contributed by atoms with E-state index in [0.29, 0.717) is 25.0 Å². The highest BCUT2D eigenvalue weighted by atomic mass is 16.4. The fourth-order valence-electron chi connectivity index (χ4n) is 2.85. The second kappa shape index (κ2) is 6.97. The highest BCUT2D eigenvalue weighted by molar-refractivity contribution is 5.73. The summed E-state index contributed by atoms with van der Waals surface area (Å²) in [6.45, 7) is 5.52. The van der Waals surface area contributed by atoms with Crippen LogP contribution < -0.4 is 5.32 Å². The van der Waals surface area contributed by atoms with Crippen molar-refractivity contribution < 1.29 is 9.90 Å². The van der Waals surface area contributed by atoms with Gasteiger partial charge in [-0.15, -0.1) is 0 Å². The Balaban J connectivity index is 2.50. The number of nitrogens with one attached hydrogen (secondary N) is 1. The summed E-state index contributed by atoms with van der Waals surface area (Å²) >= 11 is 0. The molecule has 0 aliphatic heterocycles. The van der Waals surface area contributed by atoms with Gasteiger partial charge in [0.05, 0.1) is 0 Å². The summed E-state index contributed by atoms with van der Waals surface area (Å²) in [6, 6.07) is 0.100. The van der Waals surface area contributed by atoms with Crippen LogP contribution >= 0.6 is 0 Å². The van der Waals surface area contributed by atoms with Crippen LogP contribution in [-0.4, -0.2) is 48.2 Å². The summed E-state index contributed by atoms with van der Waals surface area (Å²) in [5, 5.41) is 12.2. The van der Waals surface area contributed by atoms with Crippen LogP contribution in [0.1, 0.15) is 39.5 Å². The van der Waals surface area contributed by atoms with Gasteiger partial charge in [0.15, 0.2) is 0 Å². The molecule has 1 saturated carbocycles. The van der Waals surface area contributed by atoms with Gasteiger partial charge in [-0.3, -0.25) is 4.79 Å². The number of carboxylic acid groups (broad SMARTS) is 1. The number of hydrogen-bond donors (Lipinski definition) is 2. The van der Waals surface area contributed by atoms with Gasteiger partial charge in [0, 0.05) is 12.6 Å². The fourth-order valence-corrected chi connectivity index (χ4v) is 2.85. The van der Waals surface area contributed by atoms with Crippen LogP contribution in [0.15, 0.2) is 0 Å². The maximum absolute atomic E-state index is 11.1. The topological polar surface area (TPSA) is 52.6 Å². The molecule has 17 heavy (non-hydrogen) atoms. The second-order valence-electron chi connectivity index (χ2n) is 5.22. The zero-order valence-corrected chi connectivity index (χ0v) is 11.3. The standard InChI is InChI=1S/C13H26N2O2/c1-4-14-11(13(16)17)9-15(3)12-8-6-5-7-10(12)2/h10-12,14H,4-9H2,1-3H3,(H,16,17). The minimum absolute atomic E-state index is 0.445. The maximum Gasteiger partial charge on any atom is 0.322 e. The third-order valence-corrected chi connectivity index (χ3v) is 3.85. The van der Waals surface area contributed by atoms with Gasteiger partial charge in [-0.2, -0.15) is 0 Å². The molecule has 0 aromatic rings. The van der Waals surface area contributed by atoms with E-state index in [0.717, 1.165) is 0 Å². The largest absolute Gasteiger partial charge is 0.480 e. The van der Waals surface area contributed by atoms with E-state index in [9.17, 15) is 4.79 Å². The van der Waals surface area contributed by atoms with Crippen LogP contribution in [0.3, 0.4) is 0 Å². The lowest BCUT2D eigenvalue weighted by atomic mass is 9.85. The van der Waals surface area contributed by atoms with Crippen molar-refractivity contribution in [3.63, 3.8) is 0 Å². The monoisotopic (exact) mass is 242 g/mol. The summed E-state index contributed by atoms with van der Waals surface area (Å²) in [5.74, 6) is -0.0630. The lowest BCUT2D eigenvalue weighted by molar-refractivity contribution is -0.140. The molecule has 1 aliphatic carbocycles. The first-order chi connectivity index (χ1) is 8.06. The Bertz CT molecular complexity index is 246. The minimum atomic E-state index is -0.748. The summed E-state index contributed by atoms with van der Waals surface area (Å²) in [5.41, 5.74) is 0. The highest BCUT2D eigenvalue weighted by Crippen LogP contribution is 2.27. The highest BCUT2D eigenvalue weighted by Gasteiger charge is 2.28. The van der Waals surface area contributed by atoms with Gasteiger partial charge in [-0.25, -0.2) is 0 Å². The molecule has 0 spiro atoms. The molecule has 3 unspecified atom stereocenters. The van der Waals surface area contributed by atoms with Crippen molar-refractivity contribution in [2.24, 2.45) is 5.92 Å². The Kier molecular flexibility index (Phi) is 5.92. The molecule has 0 heterocycles. The van der Waals surface area contributed by atoms with Crippen LogP contribution in [-0.2, 0) is 4.79 Å². The normalized spacial score (nSPS) is 27.1. The van der Waals surface area contributed by atoms with Gasteiger partial charge in [0.1, 0.15) is 6.04 Å². The Labute approximate surface area is 104 Å². The van der Waals surface area contributed by atoms with E-state index in [2.05, 4.69) is 24.2 Å². The maximum atomic E-state index is 11.1. The van der Waals surface area contributed by atoms with E-state index in [4.69, 9.17) is 5.11 Å². The van der Waals surface area contributed by atoms with Crippen molar-refractivity contribution in [2.75, 3.05) is 20.1 Å². The molecule has 1 rings (SSSR count). The van der Waals surface area contributed by atoms with Gasteiger partial charge < -0.3 is 15.3 Å². The van der Waals surface area contributed by atoms with Crippen molar-refractivity contribution in [3.8, 4) is 0 Å². The van der Waals surface area contributed by atoms with E-state index in [1.165, 1.54) is 25.7 Å². The molecule has 2 N–H and O–H groups in total. The first kappa shape index (κ1) is 14.5. The van der Waals surface area contributed by atoms with E-state index >= 15 is 0 Å². The Hall–Kier alpha value is -0.610. The summed E-state index contributed by atoms with van der Waals surface area (Å²) in [6.07, 6.45) is 5.07. The first-order valence-corrected chi connectivity index (χ1v) is 6.72. The van der Waals surface area contributed by atoms with Gasteiger partial charge in [0.2, 0.25) is 0 Å². The number of rotatable bonds is 6. The molecule has 3 atom stereocenters. The van der Waals surface area contributed by atoms with Gasteiger partial charge in [0.25, 0.3) is 0 Å². The lowest BCUT2D eigenvalue weighted by Gasteiger charge is -2.37. The molecule has 0 saturated heterocycles. The molecule has 1 aliphatic rings. The minimum Gasteiger partial charge on any atom is -0.480 e.